The molecule has 1 atom stereocenters. The minimum Gasteiger partial charge on any atom is -0.497 e. The first-order valence-electron chi connectivity index (χ1n) is 7.40. The maximum Gasteiger partial charge on any atom is 0.225 e. The van der Waals surface area contributed by atoms with Gasteiger partial charge in [-0.2, -0.15) is 5.26 Å². The highest BCUT2D eigenvalue weighted by Gasteiger charge is 2.29. The van der Waals surface area contributed by atoms with Crippen LogP contribution in [0.3, 0.4) is 0 Å². The van der Waals surface area contributed by atoms with Gasteiger partial charge < -0.3 is 10.1 Å². The summed E-state index contributed by atoms with van der Waals surface area (Å²) >= 11 is 1.56. The molecule has 1 aromatic carbocycles. The van der Waals surface area contributed by atoms with Crippen LogP contribution < -0.4 is 10.1 Å². The van der Waals surface area contributed by atoms with Gasteiger partial charge in [0.25, 0.3) is 0 Å². The summed E-state index contributed by atoms with van der Waals surface area (Å²) in [5.41, 5.74) is 1.63. The minimum atomic E-state index is -0.172. The van der Waals surface area contributed by atoms with Crippen LogP contribution in [0.4, 0.5) is 0 Å². The number of carbonyl (C=O) groups excluding carboxylic acids is 1. The number of methoxy groups -OCH3 is 1. The SMILES string of the molecule is CCCCSC1=C(C#N)[C@@H](c2ccc(OC)cc2)CC(=O)N1. The number of unbranched alkanes of at least 4 members (excludes halogenated alkanes) is 1. The first-order chi connectivity index (χ1) is 10.7. The standard InChI is InChI=1S/C17H20N2O2S/c1-3-4-9-22-17-15(11-18)14(10-16(20)19-17)12-5-7-13(21-2)8-6-12/h5-8,14H,3-4,9-10H2,1-2H3,(H,19,20)/t14-/m1/s1. The number of hydrogen-bond donors (Lipinski definition) is 1. The molecule has 5 heteroatoms. The molecule has 0 spiro atoms. The van der Waals surface area contributed by atoms with Gasteiger partial charge >= 0.3 is 0 Å². The number of rotatable bonds is 6. The van der Waals surface area contributed by atoms with E-state index in [1.54, 1.807) is 18.9 Å². The number of benzene rings is 1. The van der Waals surface area contributed by atoms with Crippen LogP contribution >= 0.6 is 11.8 Å². The van der Waals surface area contributed by atoms with Crippen molar-refractivity contribution in [1.29, 1.82) is 5.26 Å². The second-order valence-electron chi connectivity index (χ2n) is 5.13. The molecule has 0 fully saturated rings. The van der Waals surface area contributed by atoms with Crippen LogP contribution in [0, 0.1) is 11.3 Å². The van der Waals surface area contributed by atoms with Gasteiger partial charge in [-0.3, -0.25) is 4.79 Å². The van der Waals surface area contributed by atoms with E-state index in [2.05, 4.69) is 18.3 Å². The Hall–Kier alpha value is -1.93. The molecule has 1 aliphatic rings. The number of ether oxygens (including phenoxy) is 1. The lowest BCUT2D eigenvalue weighted by molar-refractivity contribution is -0.120. The lowest BCUT2D eigenvalue weighted by Crippen LogP contribution is -2.30. The van der Waals surface area contributed by atoms with Crippen LogP contribution in [0.5, 0.6) is 5.75 Å². The molecule has 0 aromatic heterocycles. The molecule has 1 aliphatic heterocycles. The predicted molar refractivity (Wildman–Crippen MR) is 88.5 cm³/mol. The molecule has 22 heavy (non-hydrogen) atoms. The minimum absolute atomic E-state index is 0.0289. The van der Waals surface area contributed by atoms with E-state index in [1.807, 2.05) is 24.3 Å². The van der Waals surface area contributed by atoms with Gasteiger partial charge in [-0.05, 0) is 29.9 Å². The third-order valence-electron chi connectivity index (χ3n) is 3.62. The fourth-order valence-electron chi connectivity index (χ4n) is 2.37. The Kier molecular flexibility index (Phi) is 5.91. The normalized spacial score (nSPS) is 17.9. The highest BCUT2D eigenvalue weighted by atomic mass is 32.2. The zero-order chi connectivity index (χ0) is 15.9. The third kappa shape index (κ3) is 3.83. The van der Waals surface area contributed by atoms with E-state index in [-0.39, 0.29) is 11.8 Å². The fraction of sp³-hybridized carbons (Fsp3) is 0.412. The smallest absolute Gasteiger partial charge is 0.225 e. The van der Waals surface area contributed by atoms with E-state index < -0.39 is 0 Å². The van der Waals surface area contributed by atoms with Gasteiger partial charge in [0.05, 0.1) is 23.8 Å². The molecule has 4 nitrogen and oxygen atoms in total. The Morgan fingerprint density at radius 1 is 1.41 bits per heavy atom. The molecule has 1 heterocycles. The Balaban J connectivity index is 2.29. The lowest BCUT2D eigenvalue weighted by Gasteiger charge is -2.25. The number of allylic oxidation sites excluding steroid dienone is 1. The summed E-state index contributed by atoms with van der Waals surface area (Å²) in [6.45, 7) is 2.12. The first-order valence-corrected chi connectivity index (χ1v) is 8.39. The van der Waals surface area contributed by atoms with Crippen molar-refractivity contribution < 1.29 is 9.53 Å². The van der Waals surface area contributed by atoms with Crippen LogP contribution in [0.1, 0.15) is 37.7 Å². The van der Waals surface area contributed by atoms with Crippen molar-refractivity contribution in [2.45, 2.75) is 32.1 Å². The van der Waals surface area contributed by atoms with E-state index >= 15 is 0 Å². The summed E-state index contributed by atoms with van der Waals surface area (Å²) in [5.74, 6) is 1.48. The largest absolute Gasteiger partial charge is 0.497 e. The average Bonchev–Trinajstić information content (AvgIpc) is 2.54. The Morgan fingerprint density at radius 2 is 2.14 bits per heavy atom. The number of nitriles is 1. The van der Waals surface area contributed by atoms with Gasteiger partial charge in [-0.25, -0.2) is 0 Å². The number of nitrogens with zero attached hydrogens (tertiary/aromatic N) is 1. The topological polar surface area (TPSA) is 62.1 Å². The van der Waals surface area contributed by atoms with Gasteiger partial charge in [0.15, 0.2) is 0 Å². The lowest BCUT2D eigenvalue weighted by atomic mass is 9.87. The molecular formula is C17H20N2O2S. The molecule has 0 aliphatic carbocycles. The fourth-order valence-corrected chi connectivity index (χ4v) is 3.54. The highest BCUT2D eigenvalue weighted by Crippen LogP contribution is 2.36. The van der Waals surface area contributed by atoms with E-state index in [0.717, 1.165) is 29.9 Å². The Labute approximate surface area is 135 Å². The highest BCUT2D eigenvalue weighted by molar-refractivity contribution is 8.03. The van der Waals surface area contributed by atoms with E-state index in [1.165, 1.54) is 0 Å². The van der Waals surface area contributed by atoms with Crippen LogP contribution in [-0.4, -0.2) is 18.8 Å². The number of thioether (sulfide) groups is 1. The molecular weight excluding hydrogens is 296 g/mol. The van der Waals surface area contributed by atoms with Crippen molar-refractivity contribution in [1.82, 2.24) is 5.32 Å². The number of hydrogen-bond acceptors (Lipinski definition) is 4. The second-order valence-corrected chi connectivity index (χ2v) is 6.24. The molecule has 0 saturated heterocycles. The van der Waals surface area contributed by atoms with Crippen molar-refractivity contribution in [3.05, 3.63) is 40.4 Å². The van der Waals surface area contributed by atoms with Gasteiger partial charge in [-0.1, -0.05) is 25.5 Å². The maximum atomic E-state index is 12.0. The van der Waals surface area contributed by atoms with E-state index in [0.29, 0.717) is 17.0 Å². The second kappa shape index (κ2) is 7.90. The molecule has 116 valence electrons. The van der Waals surface area contributed by atoms with Gasteiger partial charge in [0.2, 0.25) is 5.91 Å². The van der Waals surface area contributed by atoms with Gasteiger partial charge in [0, 0.05) is 12.3 Å². The van der Waals surface area contributed by atoms with Crippen LogP contribution in [-0.2, 0) is 4.79 Å². The molecule has 1 aromatic rings. The summed E-state index contributed by atoms with van der Waals surface area (Å²) in [5, 5.41) is 13.1. The monoisotopic (exact) mass is 316 g/mol. The maximum absolute atomic E-state index is 12.0. The van der Waals surface area contributed by atoms with Gasteiger partial charge in [-0.15, -0.1) is 11.8 Å². The van der Waals surface area contributed by atoms with Crippen LogP contribution in [0.2, 0.25) is 0 Å². The van der Waals surface area contributed by atoms with Crippen molar-refractivity contribution in [3.8, 4) is 11.8 Å². The van der Waals surface area contributed by atoms with Crippen molar-refractivity contribution in [2.24, 2.45) is 0 Å². The van der Waals surface area contributed by atoms with E-state index in [9.17, 15) is 10.1 Å². The summed E-state index contributed by atoms with van der Waals surface area (Å²) in [6, 6.07) is 9.86. The number of carbonyl (C=O) groups is 1. The molecule has 0 unspecified atom stereocenters. The van der Waals surface area contributed by atoms with Crippen molar-refractivity contribution in [2.75, 3.05) is 12.9 Å². The molecule has 1 N–H and O–H groups in total. The van der Waals surface area contributed by atoms with Crippen LogP contribution in [0.15, 0.2) is 34.9 Å². The average molecular weight is 316 g/mol. The zero-order valence-corrected chi connectivity index (χ0v) is 13.7. The first kappa shape index (κ1) is 16.4. The summed E-state index contributed by atoms with van der Waals surface area (Å²) < 4.78 is 5.16. The molecule has 2 rings (SSSR count). The number of amides is 1. The molecule has 0 bridgehead atoms. The molecule has 0 saturated carbocycles. The van der Waals surface area contributed by atoms with Gasteiger partial charge in [0.1, 0.15) is 5.75 Å². The quantitative estimate of drug-likeness (QED) is 0.815. The number of nitrogens with one attached hydrogen (secondary N) is 1. The summed E-state index contributed by atoms with van der Waals surface area (Å²) in [6.07, 6.45) is 2.47. The molecule has 1 amide bonds. The van der Waals surface area contributed by atoms with Crippen LogP contribution in [0.25, 0.3) is 0 Å². The van der Waals surface area contributed by atoms with Crippen molar-refractivity contribution in [3.63, 3.8) is 0 Å². The molecule has 0 radical (unpaired) electrons. The van der Waals surface area contributed by atoms with E-state index in [4.69, 9.17) is 4.74 Å². The summed E-state index contributed by atoms with van der Waals surface area (Å²) in [7, 11) is 1.62. The predicted octanol–water partition coefficient (Wildman–Crippen LogP) is 3.57. The Bertz CT molecular complexity index is 602. The zero-order valence-electron chi connectivity index (χ0n) is 12.9. The summed E-state index contributed by atoms with van der Waals surface area (Å²) in [4.78, 5) is 12.0. The van der Waals surface area contributed by atoms with Crippen molar-refractivity contribution >= 4 is 17.7 Å². The Morgan fingerprint density at radius 3 is 2.73 bits per heavy atom. The third-order valence-corrected chi connectivity index (χ3v) is 4.72.